The summed E-state index contributed by atoms with van der Waals surface area (Å²) in [6.07, 6.45) is 5.40. The van der Waals surface area contributed by atoms with Crippen molar-refractivity contribution >= 4 is 34.0 Å². The van der Waals surface area contributed by atoms with Crippen LogP contribution in [0, 0.1) is 5.82 Å². The molecule has 0 saturated carbocycles. The molecule has 1 aliphatic rings. The molecule has 2 N–H and O–H groups in total. The Kier molecular flexibility index (Phi) is 8.16. The lowest BCUT2D eigenvalue weighted by molar-refractivity contribution is 0.438. The van der Waals surface area contributed by atoms with Crippen LogP contribution < -0.4 is 10.6 Å². The normalized spacial score (nSPS) is 17.7. The first kappa shape index (κ1) is 24.4. The summed E-state index contributed by atoms with van der Waals surface area (Å²) in [7, 11) is -1.04. The van der Waals surface area contributed by atoms with Crippen molar-refractivity contribution in [1.29, 1.82) is 0 Å². The van der Waals surface area contributed by atoms with Crippen LogP contribution in [0.1, 0.15) is 33.6 Å². The standard InChI is InChI=1S/C25H30FN5OS/c1-6-10-17(3)31-24(28-18(4)27-19-13-15-20(16-14-19)33(5)32)22(7-2)29-25(31)30-23-12-9-8-11-21(23)26/h7-9,11-17,27H,4,6,10H2,1-3,5H3,(H,29,30)/b22-7+,28-24+. The quantitative estimate of drug-likeness (QED) is 0.521. The fourth-order valence-electron chi connectivity index (χ4n) is 3.53. The number of anilines is 2. The van der Waals surface area contributed by atoms with E-state index in [2.05, 4.69) is 31.1 Å². The lowest BCUT2D eigenvalue weighted by atomic mass is 10.1. The first-order chi connectivity index (χ1) is 15.8. The minimum atomic E-state index is -1.04. The maximum atomic E-state index is 14.3. The van der Waals surface area contributed by atoms with E-state index in [1.165, 1.54) is 6.07 Å². The SMILES string of the molecule is C=C(/N=C1\C(=C/C)N=C(Nc2ccccc2F)N1C(C)CCC)Nc1ccc(S(C)=O)cc1. The molecule has 0 bridgehead atoms. The van der Waals surface area contributed by atoms with Gasteiger partial charge in [0.1, 0.15) is 17.3 Å². The highest BCUT2D eigenvalue weighted by Crippen LogP contribution is 2.25. The topological polar surface area (TPSA) is 69.1 Å². The van der Waals surface area contributed by atoms with Crippen molar-refractivity contribution in [1.82, 2.24) is 4.90 Å². The van der Waals surface area contributed by atoms with Crippen molar-refractivity contribution in [2.75, 3.05) is 16.9 Å². The van der Waals surface area contributed by atoms with Gasteiger partial charge in [-0.15, -0.1) is 0 Å². The average molecular weight is 468 g/mol. The van der Waals surface area contributed by atoms with Crippen LogP contribution in [0.4, 0.5) is 15.8 Å². The maximum Gasteiger partial charge on any atom is 0.209 e. The van der Waals surface area contributed by atoms with Gasteiger partial charge < -0.3 is 10.6 Å². The minimum absolute atomic E-state index is 0.0795. The second kappa shape index (κ2) is 11.0. The number of allylic oxidation sites excluding steroid dienone is 1. The molecule has 0 saturated heterocycles. The third-order valence-electron chi connectivity index (χ3n) is 5.17. The van der Waals surface area contributed by atoms with Crippen LogP contribution in [0.2, 0.25) is 0 Å². The smallest absolute Gasteiger partial charge is 0.209 e. The van der Waals surface area contributed by atoms with E-state index in [0.29, 0.717) is 29.0 Å². The summed E-state index contributed by atoms with van der Waals surface area (Å²) in [5.41, 5.74) is 1.82. The molecule has 6 nitrogen and oxygen atoms in total. The Hall–Kier alpha value is -3.26. The largest absolute Gasteiger partial charge is 0.341 e. The molecule has 174 valence electrons. The van der Waals surface area contributed by atoms with Crippen molar-refractivity contribution < 1.29 is 8.60 Å². The summed E-state index contributed by atoms with van der Waals surface area (Å²) in [6.45, 7) is 10.2. The van der Waals surface area contributed by atoms with E-state index in [1.807, 2.05) is 30.0 Å². The second-order valence-corrected chi connectivity index (χ2v) is 9.09. The summed E-state index contributed by atoms with van der Waals surface area (Å²) < 4.78 is 25.9. The summed E-state index contributed by atoms with van der Waals surface area (Å²) in [5.74, 6) is 1.25. The van der Waals surface area contributed by atoms with Gasteiger partial charge in [-0.25, -0.2) is 14.4 Å². The molecule has 0 spiro atoms. The fourth-order valence-corrected chi connectivity index (χ4v) is 4.05. The predicted molar refractivity (Wildman–Crippen MR) is 136 cm³/mol. The van der Waals surface area contributed by atoms with Crippen LogP contribution in [-0.4, -0.2) is 33.2 Å². The number of amidine groups is 1. The molecule has 8 heteroatoms. The fraction of sp³-hybridized carbons (Fsp3) is 0.280. The zero-order valence-corrected chi connectivity index (χ0v) is 20.2. The van der Waals surface area contributed by atoms with Crippen LogP contribution >= 0.6 is 0 Å². The number of halogens is 1. The Morgan fingerprint density at radius 3 is 2.58 bits per heavy atom. The number of aliphatic imine (C=N–C) groups is 2. The van der Waals surface area contributed by atoms with Crippen molar-refractivity contribution in [3.05, 3.63) is 78.5 Å². The molecule has 0 radical (unpaired) electrons. The second-order valence-electron chi connectivity index (χ2n) is 7.71. The molecule has 3 rings (SSSR count). The van der Waals surface area contributed by atoms with Crippen LogP contribution in [0.5, 0.6) is 0 Å². The molecule has 33 heavy (non-hydrogen) atoms. The Bertz CT molecular complexity index is 1120. The zero-order valence-electron chi connectivity index (χ0n) is 19.4. The minimum Gasteiger partial charge on any atom is -0.341 e. The molecule has 2 aromatic rings. The number of hydrogen-bond acceptors (Lipinski definition) is 5. The van der Waals surface area contributed by atoms with E-state index in [1.54, 1.807) is 36.6 Å². The van der Waals surface area contributed by atoms with Crippen molar-refractivity contribution in [2.45, 2.75) is 44.6 Å². The molecule has 2 unspecified atom stereocenters. The molecule has 0 amide bonds. The molecular formula is C25H30FN5OS. The number of nitrogens with zero attached hydrogens (tertiary/aromatic N) is 3. The van der Waals surface area contributed by atoms with E-state index in [9.17, 15) is 8.60 Å². The van der Waals surface area contributed by atoms with Crippen molar-refractivity contribution in [2.24, 2.45) is 9.98 Å². The van der Waals surface area contributed by atoms with E-state index in [0.717, 1.165) is 23.4 Å². The van der Waals surface area contributed by atoms with Gasteiger partial charge >= 0.3 is 0 Å². The highest BCUT2D eigenvalue weighted by Gasteiger charge is 2.32. The predicted octanol–water partition coefficient (Wildman–Crippen LogP) is 5.72. The number of guanidine groups is 1. The van der Waals surface area contributed by atoms with Crippen LogP contribution in [0.25, 0.3) is 0 Å². The Morgan fingerprint density at radius 2 is 1.97 bits per heavy atom. The molecule has 0 aromatic heterocycles. The maximum absolute atomic E-state index is 14.3. The lowest BCUT2D eigenvalue weighted by Gasteiger charge is -2.28. The Morgan fingerprint density at radius 1 is 1.27 bits per heavy atom. The zero-order chi connectivity index (χ0) is 24.0. The number of para-hydroxylation sites is 1. The van der Waals surface area contributed by atoms with Crippen LogP contribution in [0.3, 0.4) is 0 Å². The molecule has 0 aliphatic carbocycles. The monoisotopic (exact) mass is 467 g/mol. The van der Waals surface area contributed by atoms with E-state index in [-0.39, 0.29) is 11.9 Å². The summed E-state index contributed by atoms with van der Waals surface area (Å²) in [4.78, 5) is 12.2. The summed E-state index contributed by atoms with van der Waals surface area (Å²) in [5, 5.41) is 6.31. The van der Waals surface area contributed by atoms with Gasteiger partial charge in [-0.3, -0.25) is 9.11 Å². The van der Waals surface area contributed by atoms with Crippen LogP contribution in [-0.2, 0) is 10.8 Å². The van der Waals surface area contributed by atoms with Gasteiger partial charge in [0.25, 0.3) is 0 Å². The summed E-state index contributed by atoms with van der Waals surface area (Å²) >= 11 is 0. The number of nitrogens with one attached hydrogen (secondary N) is 2. The number of hydrogen-bond donors (Lipinski definition) is 2. The highest BCUT2D eigenvalue weighted by atomic mass is 32.2. The van der Waals surface area contributed by atoms with E-state index >= 15 is 0 Å². The third-order valence-corrected chi connectivity index (χ3v) is 6.10. The van der Waals surface area contributed by atoms with Gasteiger partial charge in [0.05, 0.1) is 5.69 Å². The van der Waals surface area contributed by atoms with E-state index < -0.39 is 10.8 Å². The third kappa shape index (κ3) is 5.96. The number of rotatable bonds is 8. The molecule has 2 aromatic carbocycles. The molecule has 2 atom stereocenters. The average Bonchev–Trinajstić information content (AvgIpc) is 3.12. The van der Waals surface area contributed by atoms with Crippen molar-refractivity contribution in [3.8, 4) is 0 Å². The van der Waals surface area contributed by atoms with Gasteiger partial charge in [0.15, 0.2) is 5.84 Å². The molecular weight excluding hydrogens is 437 g/mol. The van der Waals surface area contributed by atoms with Crippen LogP contribution in [0.15, 0.2) is 87.6 Å². The van der Waals surface area contributed by atoms with Gasteiger partial charge in [0, 0.05) is 33.7 Å². The molecule has 1 aliphatic heterocycles. The van der Waals surface area contributed by atoms with Crippen molar-refractivity contribution in [3.63, 3.8) is 0 Å². The van der Waals surface area contributed by atoms with Gasteiger partial charge in [0.2, 0.25) is 5.96 Å². The van der Waals surface area contributed by atoms with Gasteiger partial charge in [-0.2, -0.15) is 0 Å². The highest BCUT2D eigenvalue weighted by molar-refractivity contribution is 7.84. The number of benzene rings is 2. The molecule has 1 heterocycles. The first-order valence-electron chi connectivity index (χ1n) is 10.9. The van der Waals surface area contributed by atoms with Gasteiger partial charge in [-0.05, 0) is 56.7 Å². The Balaban J connectivity index is 1.89. The summed E-state index contributed by atoms with van der Waals surface area (Å²) in [6, 6.07) is 13.9. The van der Waals surface area contributed by atoms with E-state index in [4.69, 9.17) is 9.98 Å². The first-order valence-corrected chi connectivity index (χ1v) is 12.4. The Labute approximate surface area is 197 Å². The molecule has 0 fully saturated rings. The lowest BCUT2D eigenvalue weighted by Crippen LogP contribution is -2.43. The van der Waals surface area contributed by atoms with Gasteiger partial charge in [-0.1, -0.05) is 38.1 Å².